The van der Waals surface area contributed by atoms with Crippen molar-refractivity contribution in [2.24, 2.45) is 57.2 Å². The van der Waals surface area contributed by atoms with Crippen LogP contribution in [0.5, 0.6) is 0 Å². The summed E-state index contributed by atoms with van der Waals surface area (Å²) in [7, 11) is 0. The summed E-state index contributed by atoms with van der Waals surface area (Å²) in [4.78, 5) is 128. The third kappa shape index (κ3) is 17.1. The van der Waals surface area contributed by atoms with E-state index >= 15 is 0 Å². The highest BCUT2D eigenvalue weighted by Gasteiger charge is 2.62. The second-order valence-electron chi connectivity index (χ2n) is 31.3. The SMILES string of the molecule is C=C[C@@H]1C[C@]1(CC(=O)[C@@H]1CN(c2cc(-c3ccccc3)nc(SC)n2)CN1C(=O)[C@@H](CC(=O)OC1CCCC1)C(C)(C)C)C(=O)NCC1CC1.C=C[C@@H]1C[C@]1(CC(=O)[C@@H]1CN(c2ccc(-c3ccccc3)cc2)CN1C(=O)[C@@H](CC(=O)OC1CCCC1)C(C)(C)C)C(=O)NCC1CC1. The van der Waals surface area contributed by atoms with E-state index in [1.165, 1.54) is 11.8 Å². The summed E-state index contributed by atoms with van der Waals surface area (Å²) < 4.78 is 11.6. The average molecular weight is 1360 g/mol. The van der Waals surface area contributed by atoms with Crippen molar-refractivity contribution in [3.05, 3.63) is 116 Å². The van der Waals surface area contributed by atoms with Crippen LogP contribution in [-0.4, -0.2) is 137 Å². The number of hydrogen-bond acceptors (Lipinski definition) is 15. The van der Waals surface area contributed by atoms with Gasteiger partial charge in [-0.3, -0.25) is 38.4 Å². The molecular weight excluding hydrogens is 1250 g/mol. The molecule has 8 atom stereocenters. The third-order valence-corrected chi connectivity index (χ3v) is 22.5. The topological polar surface area (TPSA) is 218 Å². The fourth-order valence-corrected chi connectivity index (χ4v) is 15.4. The van der Waals surface area contributed by atoms with Gasteiger partial charge >= 0.3 is 11.9 Å². The molecule has 0 bridgehead atoms. The van der Waals surface area contributed by atoms with Gasteiger partial charge in [-0.15, -0.1) is 13.2 Å². The molecule has 3 aromatic carbocycles. The van der Waals surface area contributed by atoms with E-state index < -0.39 is 45.6 Å². The van der Waals surface area contributed by atoms with E-state index in [0.29, 0.717) is 55.3 Å². The molecule has 0 spiro atoms. The number of carbonyl (C=O) groups excluding carboxylic acids is 8. The van der Waals surface area contributed by atoms with Crippen LogP contribution in [0.3, 0.4) is 0 Å². The molecular formula is C79H102N8O10S. The number of hydrogen-bond donors (Lipinski definition) is 2. The summed E-state index contributed by atoms with van der Waals surface area (Å²) in [6.07, 6.45) is 18.5. The van der Waals surface area contributed by atoms with Crippen LogP contribution < -0.4 is 20.4 Å². The molecule has 2 saturated heterocycles. The number of nitrogens with zero attached hydrogens (tertiary/aromatic N) is 6. The number of thioether (sulfide) groups is 1. The van der Waals surface area contributed by atoms with Crippen LogP contribution in [0.4, 0.5) is 11.5 Å². The van der Waals surface area contributed by atoms with Gasteiger partial charge in [-0.2, -0.15) is 0 Å². The van der Waals surface area contributed by atoms with Gasteiger partial charge < -0.3 is 39.7 Å². The Morgan fingerprint density at radius 1 is 0.571 bits per heavy atom. The first kappa shape index (κ1) is 71.6. The Labute approximate surface area is 583 Å². The van der Waals surface area contributed by atoms with Crippen LogP contribution in [0, 0.1) is 57.2 Å². The number of nitrogens with one attached hydrogen (secondary N) is 2. The fourth-order valence-electron chi connectivity index (χ4n) is 15.0. The van der Waals surface area contributed by atoms with Crippen LogP contribution in [0.25, 0.3) is 22.4 Å². The lowest BCUT2D eigenvalue weighted by Crippen LogP contribution is -2.49. The first-order valence-electron chi connectivity index (χ1n) is 35.9. The van der Waals surface area contributed by atoms with Gasteiger partial charge in [-0.25, -0.2) is 9.97 Å². The zero-order chi connectivity index (χ0) is 69.7. The molecule has 18 nitrogen and oxygen atoms in total. The van der Waals surface area contributed by atoms with Crippen molar-refractivity contribution >= 4 is 70.4 Å². The molecule has 8 aliphatic rings. The molecule has 98 heavy (non-hydrogen) atoms. The van der Waals surface area contributed by atoms with Crippen LogP contribution in [0.1, 0.15) is 157 Å². The van der Waals surface area contributed by atoms with E-state index in [1.54, 1.807) is 22.0 Å². The number of allylic oxidation sites excluding steroid dienone is 2. The quantitative estimate of drug-likeness (QED) is 0.0246. The third-order valence-electron chi connectivity index (χ3n) is 21.9. The number of aromatic nitrogens is 2. The number of esters is 2. The molecule has 3 heterocycles. The molecule has 6 aliphatic carbocycles. The molecule has 2 aliphatic heterocycles. The van der Waals surface area contributed by atoms with E-state index in [9.17, 15) is 38.4 Å². The Balaban J connectivity index is 0.000000199. The van der Waals surface area contributed by atoms with E-state index in [4.69, 9.17) is 19.4 Å². The molecule has 12 rings (SSSR count). The number of Topliss-reactive ketones (excluding diaryl/α,β-unsaturated/α-hetero) is 2. The number of carbonyl (C=O) groups is 8. The van der Waals surface area contributed by atoms with Gasteiger partial charge in [0.05, 0.1) is 54.5 Å². The second kappa shape index (κ2) is 30.4. The van der Waals surface area contributed by atoms with E-state index in [1.807, 2.05) is 119 Å². The highest BCUT2D eigenvalue weighted by atomic mass is 32.2. The van der Waals surface area contributed by atoms with Crippen LogP contribution in [-0.2, 0) is 47.8 Å². The predicted molar refractivity (Wildman–Crippen MR) is 381 cm³/mol. The highest BCUT2D eigenvalue weighted by Crippen LogP contribution is 2.58. The number of ketones is 2. The van der Waals surface area contributed by atoms with Crippen molar-refractivity contribution < 1.29 is 47.8 Å². The maximum Gasteiger partial charge on any atom is 0.306 e. The smallest absolute Gasteiger partial charge is 0.306 e. The molecule has 19 heteroatoms. The van der Waals surface area contributed by atoms with E-state index in [2.05, 4.69) is 53.0 Å². The van der Waals surface area contributed by atoms with Gasteiger partial charge in [0.15, 0.2) is 16.7 Å². The van der Waals surface area contributed by atoms with Gasteiger partial charge in [0, 0.05) is 56.3 Å². The van der Waals surface area contributed by atoms with E-state index in [0.717, 1.165) is 105 Å². The molecule has 2 N–H and O–H groups in total. The number of rotatable bonds is 27. The van der Waals surface area contributed by atoms with Crippen molar-refractivity contribution in [2.45, 2.75) is 187 Å². The van der Waals surface area contributed by atoms with Gasteiger partial charge in [0.2, 0.25) is 23.6 Å². The minimum Gasteiger partial charge on any atom is -0.462 e. The van der Waals surface area contributed by atoms with Crippen LogP contribution >= 0.6 is 11.8 Å². The van der Waals surface area contributed by atoms with Gasteiger partial charge in [0.25, 0.3) is 0 Å². The largest absolute Gasteiger partial charge is 0.462 e. The van der Waals surface area contributed by atoms with Crippen molar-refractivity contribution in [2.75, 3.05) is 55.6 Å². The Bertz CT molecular complexity index is 3570. The summed E-state index contributed by atoms with van der Waals surface area (Å²) in [6.45, 7) is 21.7. The molecule has 6 saturated carbocycles. The van der Waals surface area contributed by atoms with Crippen molar-refractivity contribution in [1.29, 1.82) is 0 Å². The average Bonchev–Trinajstić information content (AvgIpc) is 1.59. The maximum absolute atomic E-state index is 14.7. The number of ether oxygens (including phenoxy) is 2. The summed E-state index contributed by atoms with van der Waals surface area (Å²) in [5, 5.41) is 6.78. The molecule has 0 unspecified atom stereocenters. The summed E-state index contributed by atoms with van der Waals surface area (Å²) in [6, 6.07) is 28.5. The number of amides is 4. The lowest BCUT2D eigenvalue weighted by atomic mass is 9.77. The number of anilines is 2. The minimum absolute atomic E-state index is 0.0154. The Morgan fingerprint density at radius 3 is 1.40 bits per heavy atom. The minimum atomic E-state index is -0.855. The second-order valence-corrected chi connectivity index (χ2v) is 32.1. The Kier molecular flexibility index (Phi) is 22.2. The Hall–Kier alpha value is -7.67. The zero-order valence-corrected chi connectivity index (χ0v) is 59.5. The van der Waals surface area contributed by atoms with Gasteiger partial charge in [-0.1, -0.05) is 138 Å². The summed E-state index contributed by atoms with van der Waals surface area (Å²) >= 11 is 1.42. The van der Waals surface area contributed by atoms with Crippen molar-refractivity contribution in [3.63, 3.8) is 0 Å². The molecule has 1 aromatic heterocycles. The molecule has 4 amide bonds. The van der Waals surface area contributed by atoms with Crippen LogP contribution in [0.2, 0.25) is 0 Å². The predicted octanol–water partition coefficient (Wildman–Crippen LogP) is 12.6. The first-order chi connectivity index (χ1) is 46.9. The molecule has 0 radical (unpaired) electrons. The first-order valence-corrected chi connectivity index (χ1v) is 37.1. The number of benzene rings is 3. The molecule has 8 fully saturated rings. The standard InChI is InChI=1S/C40H51N3O5.C39H51N5O5S/c1-5-30-22-40(30,38(47)41-24-27-15-16-27)23-35(44)34-25-42(31-19-17-29(18-20-31)28-11-7-6-8-12-28)26-43(34)37(46)33(39(2,3)4)21-36(45)48-32-13-9-10-14-32;1-6-27-20-39(27,36(48)40-22-25-16-17-25)21-32(45)31-23-43(33-19-30(41-37(42-33)50-5)26-12-8-7-9-13-26)24-44(31)35(47)29(38(2,3)4)18-34(46)49-28-14-10-11-15-28/h5-8,11-12,17-20,27,30,32-34H,1,9-10,13-16,21-26H2,2-4H3,(H,41,47);6-9,12-13,19,25,27-29,31H,1,10-11,14-18,20-24H2,2-5H3,(H,40,48)/t30-,33-,34+,40-;27-,29-,31+,39-/m11/s1. The highest BCUT2D eigenvalue weighted by molar-refractivity contribution is 7.98. The lowest BCUT2D eigenvalue weighted by molar-refractivity contribution is -0.156. The maximum atomic E-state index is 14.7. The van der Waals surface area contributed by atoms with Crippen molar-refractivity contribution in [3.8, 4) is 22.4 Å². The summed E-state index contributed by atoms with van der Waals surface area (Å²) in [5.41, 5.74) is 1.98. The van der Waals surface area contributed by atoms with Gasteiger partial charge in [0.1, 0.15) is 30.1 Å². The lowest BCUT2D eigenvalue weighted by Gasteiger charge is -2.34. The van der Waals surface area contributed by atoms with Crippen LogP contribution in [0.15, 0.2) is 121 Å². The molecule has 4 aromatic rings. The van der Waals surface area contributed by atoms with E-state index in [-0.39, 0.29) is 117 Å². The normalized spacial score (nSPS) is 24.4. The monoisotopic (exact) mass is 1350 g/mol. The summed E-state index contributed by atoms with van der Waals surface area (Å²) in [5.74, 6) is -1.62. The fraction of sp³-hybridized carbons (Fsp3) is 0.570. The van der Waals surface area contributed by atoms with Crippen molar-refractivity contribution in [1.82, 2.24) is 30.4 Å². The zero-order valence-electron chi connectivity index (χ0n) is 58.6. The van der Waals surface area contributed by atoms with Gasteiger partial charge in [-0.05, 0) is 154 Å². The Morgan fingerprint density at radius 2 is 0.990 bits per heavy atom. The molecule has 524 valence electrons.